The van der Waals surface area contributed by atoms with Crippen LogP contribution in [0.25, 0.3) is 0 Å². The molecule has 0 aliphatic heterocycles. The lowest BCUT2D eigenvalue weighted by atomic mass is 9.89. The van der Waals surface area contributed by atoms with E-state index < -0.39 is 6.11 Å². The molecule has 1 saturated carbocycles. The predicted molar refractivity (Wildman–Crippen MR) is 48.9 cm³/mol. The van der Waals surface area contributed by atoms with Crippen LogP contribution in [0.5, 0.6) is 0 Å². The summed E-state index contributed by atoms with van der Waals surface area (Å²) in [4.78, 5) is 0. The van der Waals surface area contributed by atoms with E-state index in [1.807, 2.05) is 18.4 Å². The second-order valence-electron chi connectivity index (χ2n) is 3.86. The largest absolute Gasteiger partial charge is 0.387 e. The van der Waals surface area contributed by atoms with Gasteiger partial charge in [-0.2, -0.15) is 8.78 Å². The molecule has 0 aromatic carbocycles. The summed E-state index contributed by atoms with van der Waals surface area (Å²) in [6.07, 6.45) is 3.91. The first-order chi connectivity index (χ1) is 6.53. The van der Waals surface area contributed by atoms with Crippen LogP contribution in [-0.2, 0) is 4.74 Å². The number of alkyl halides is 2. The molecule has 1 fully saturated rings. The van der Waals surface area contributed by atoms with Crippen LogP contribution in [0, 0.1) is 0 Å². The van der Waals surface area contributed by atoms with Gasteiger partial charge in [0, 0.05) is 19.2 Å². The second-order valence-corrected chi connectivity index (χ2v) is 3.86. The molecule has 0 atom stereocenters. The molecule has 2 aliphatic rings. The summed E-state index contributed by atoms with van der Waals surface area (Å²) in [5.41, 5.74) is 1.18. The first-order valence-corrected chi connectivity index (χ1v) is 4.73. The summed E-state index contributed by atoms with van der Waals surface area (Å²) in [6.45, 7) is 0.782. The fourth-order valence-electron chi connectivity index (χ4n) is 1.45. The van der Waals surface area contributed by atoms with Gasteiger partial charge in [-0.05, 0) is 18.4 Å². The van der Waals surface area contributed by atoms with Crippen molar-refractivity contribution in [3.8, 4) is 0 Å². The van der Waals surface area contributed by atoms with Crippen LogP contribution in [0.1, 0.15) is 19.8 Å². The third-order valence-electron chi connectivity index (χ3n) is 2.31. The van der Waals surface area contributed by atoms with E-state index in [0.29, 0.717) is 12.8 Å². The molecule has 0 unspecified atom stereocenters. The van der Waals surface area contributed by atoms with Crippen molar-refractivity contribution < 1.29 is 13.5 Å². The van der Waals surface area contributed by atoms with E-state index in [0.717, 1.165) is 6.92 Å². The SMILES string of the molecule is CC(F)(F)OC1CC(NC=C2C=C2)C1. The van der Waals surface area contributed by atoms with Crippen molar-refractivity contribution in [2.45, 2.75) is 38.0 Å². The minimum absolute atomic E-state index is 0.289. The summed E-state index contributed by atoms with van der Waals surface area (Å²) in [6, 6.07) is 0.289. The minimum atomic E-state index is -2.99. The van der Waals surface area contributed by atoms with Gasteiger partial charge >= 0.3 is 6.11 Å². The number of rotatable bonds is 4. The van der Waals surface area contributed by atoms with Crippen molar-refractivity contribution in [1.29, 1.82) is 0 Å². The Morgan fingerprint density at radius 1 is 1.50 bits per heavy atom. The fourth-order valence-corrected chi connectivity index (χ4v) is 1.45. The van der Waals surface area contributed by atoms with Gasteiger partial charge < -0.3 is 10.1 Å². The molecule has 1 N–H and O–H groups in total. The Balaban J connectivity index is 1.62. The van der Waals surface area contributed by atoms with Gasteiger partial charge in [0.2, 0.25) is 0 Å². The molecule has 0 saturated heterocycles. The van der Waals surface area contributed by atoms with Crippen LogP contribution in [-0.4, -0.2) is 18.3 Å². The molecule has 2 aliphatic carbocycles. The van der Waals surface area contributed by atoms with Crippen LogP contribution in [0.3, 0.4) is 0 Å². The van der Waals surface area contributed by atoms with E-state index in [2.05, 4.69) is 10.1 Å². The smallest absolute Gasteiger partial charge is 0.353 e. The third-order valence-corrected chi connectivity index (χ3v) is 2.31. The molecule has 2 nitrogen and oxygen atoms in total. The highest BCUT2D eigenvalue weighted by Crippen LogP contribution is 2.29. The highest BCUT2D eigenvalue weighted by atomic mass is 19.3. The molecule has 0 aromatic rings. The van der Waals surface area contributed by atoms with Crippen LogP contribution >= 0.6 is 0 Å². The maximum Gasteiger partial charge on any atom is 0.353 e. The molecule has 0 aromatic heterocycles. The van der Waals surface area contributed by atoms with Crippen molar-refractivity contribution in [2.24, 2.45) is 0 Å². The maximum absolute atomic E-state index is 12.4. The fraction of sp³-hybridized carbons (Fsp3) is 0.600. The summed E-state index contributed by atoms with van der Waals surface area (Å²) in [5.74, 6) is 0. The van der Waals surface area contributed by atoms with Crippen molar-refractivity contribution in [2.75, 3.05) is 0 Å². The zero-order valence-electron chi connectivity index (χ0n) is 7.97. The summed E-state index contributed by atoms with van der Waals surface area (Å²) in [7, 11) is 0. The standard InChI is InChI=1S/C10H13F2NO/c1-10(11,12)14-9-4-8(5-9)13-6-7-2-3-7/h2-3,6,8-9,13H,4-5H2,1H3. The van der Waals surface area contributed by atoms with Gasteiger partial charge in [0.15, 0.2) is 0 Å². The molecular formula is C10H13F2NO. The Kier molecular flexibility index (Phi) is 2.31. The van der Waals surface area contributed by atoms with Gasteiger partial charge in [0.1, 0.15) is 0 Å². The molecule has 0 bridgehead atoms. The van der Waals surface area contributed by atoms with Crippen molar-refractivity contribution >= 4 is 0 Å². The number of halogens is 2. The van der Waals surface area contributed by atoms with Crippen LogP contribution in [0.4, 0.5) is 8.78 Å². The highest BCUT2D eigenvalue weighted by Gasteiger charge is 2.36. The van der Waals surface area contributed by atoms with E-state index in [-0.39, 0.29) is 12.1 Å². The van der Waals surface area contributed by atoms with Gasteiger partial charge in [-0.15, -0.1) is 0 Å². The number of hydrogen-bond acceptors (Lipinski definition) is 2. The Hall–Kier alpha value is -0.900. The lowest BCUT2D eigenvalue weighted by Crippen LogP contribution is -2.45. The van der Waals surface area contributed by atoms with Crippen LogP contribution < -0.4 is 5.32 Å². The van der Waals surface area contributed by atoms with Gasteiger partial charge in [-0.1, -0.05) is 12.2 Å². The van der Waals surface area contributed by atoms with Gasteiger partial charge in [-0.3, -0.25) is 0 Å². The van der Waals surface area contributed by atoms with Crippen molar-refractivity contribution in [3.05, 3.63) is 23.9 Å². The maximum atomic E-state index is 12.4. The Morgan fingerprint density at radius 2 is 2.14 bits per heavy atom. The van der Waals surface area contributed by atoms with Gasteiger partial charge in [0.25, 0.3) is 0 Å². The Labute approximate surface area is 81.6 Å². The quantitative estimate of drug-likeness (QED) is 0.752. The molecular weight excluding hydrogens is 188 g/mol. The van der Waals surface area contributed by atoms with Crippen molar-refractivity contribution in [3.63, 3.8) is 0 Å². The zero-order valence-corrected chi connectivity index (χ0v) is 7.97. The molecule has 0 heterocycles. The zero-order chi connectivity index (χ0) is 10.2. The molecule has 78 valence electrons. The number of ether oxygens (including phenoxy) is 1. The van der Waals surface area contributed by atoms with Gasteiger partial charge in [-0.25, -0.2) is 0 Å². The molecule has 0 amide bonds. The average molecular weight is 201 g/mol. The van der Waals surface area contributed by atoms with Gasteiger partial charge in [0.05, 0.1) is 6.10 Å². The van der Waals surface area contributed by atoms with E-state index in [4.69, 9.17) is 0 Å². The molecule has 2 rings (SSSR count). The monoisotopic (exact) mass is 201 g/mol. The van der Waals surface area contributed by atoms with Crippen molar-refractivity contribution in [1.82, 2.24) is 5.32 Å². The second kappa shape index (κ2) is 3.35. The molecule has 0 spiro atoms. The summed E-state index contributed by atoms with van der Waals surface area (Å²) in [5, 5.41) is 3.15. The lowest BCUT2D eigenvalue weighted by molar-refractivity contribution is -0.264. The lowest BCUT2D eigenvalue weighted by Gasteiger charge is -2.36. The molecule has 4 heteroatoms. The minimum Gasteiger partial charge on any atom is -0.387 e. The summed E-state index contributed by atoms with van der Waals surface area (Å²) >= 11 is 0. The Bertz CT molecular complexity index is 266. The summed E-state index contributed by atoms with van der Waals surface area (Å²) < 4.78 is 29.3. The van der Waals surface area contributed by atoms with Crippen LogP contribution in [0.2, 0.25) is 0 Å². The number of hydrogen-bond donors (Lipinski definition) is 1. The first kappa shape index (κ1) is 9.65. The third kappa shape index (κ3) is 2.80. The normalized spacial score (nSPS) is 29.8. The number of nitrogens with one attached hydrogen (secondary N) is 1. The van der Waals surface area contributed by atoms with E-state index in [1.54, 1.807) is 0 Å². The van der Waals surface area contributed by atoms with Crippen LogP contribution in [0.15, 0.2) is 23.9 Å². The predicted octanol–water partition coefficient (Wildman–Crippen LogP) is 2.19. The number of allylic oxidation sites excluding steroid dienone is 3. The van der Waals surface area contributed by atoms with E-state index in [1.165, 1.54) is 5.57 Å². The Morgan fingerprint density at radius 3 is 2.64 bits per heavy atom. The topological polar surface area (TPSA) is 21.3 Å². The molecule has 0 radical (unpaired) electrons. The highest BCUT2D eigenvalue weighted by molar-refractivity contribution is 5.45. The average Bonchev–Trinajstić information content (AvgIpc) is 2.74. The van der Waals surface area contributed by atoms with E-state index in [9.17, 15) is 8.78 Å². The molecule has 14 heavy (non-hydrogen) atoms. The van der Waals surface area contributed by atoms with E-state index >= 15 is 0 Å². The first-order valence-electron chi connectivity index (χ1n) is 4.73.